The van der Waals surface area contributed by atoms with Crippen molar-refractivity contribution >= 4 is 17.3 Å². The Morgan fingerprint density at radius 1 is 1.15 bits per heavy atom. The molecule has 1 amide bonds. The Morgan fingerprint density at radius 3 is 2.56 bits per heavy atom. The number of amides is 1. The summed E-state index contributed by atoms with van der Waals surface area (Å²) in [6.45, 7) is 4.79. The first-order chi connectivity index (χ1) is 13.1. The Kier molecular flexibility index (Phi) is 6.69. The standard InChI is InChI=1S/C22H27FN2O2/c1-17-12-14-25(15-13-17)19-10-8-18(9-11-19)24-22(26)7-4-16-27-21-6-3-2-5-20(21)23/h2-3,5-6,8-11,17H,4,7,12-16H2,1H3,(H,24,26). The molecule has 0 atom stereocenters. The van der Waals surface area contributed by atoms with E-state index in [2.05, 4.69) is 29.3 Å². The minimum Gasteiger partial charge on any atom is -0.491 e. The Bertz CT molecular complexity index is 740. The van der Waals surface area contributed by atoms with E-state index in [0.29, 0.717) is 19.4 Å². The fourth-order valence-electron chi connectivity index (χ4n) is 3.22. The van der Waals surface area contributed by atoms with Gasteiger partial charge in [0.05, 0.1) is 6.61 Å². The molecule has 0 aromatic heterocycles. The SMILES string of the molecule is CC1CCN(c2ccc(NC(=O)CCCOc3ccccc3F)cc2)CC1. The third-order valence-electron chi connectivity index (χ3n) is 4.94. The number of benzene rings is 2. The smallest absolute Gasteiger partial charge is 0.224 e. The molecule has 27 heavy (non-hydrogen) atoms. The Hall–Kier alpha value is -2.56. The van der Waals surface area contributed by atoms with Crippen LogP contribution in [-0.4, -0.2) is 25.6 Å². The summed E-state index contributed by atoms with van der Waals surface area (Å²) in [6, 6.07) is 14.3. The minimum absolute atomic E-state index is 0.0633. The van der Waals surface area contributed by atoms with E-state index in [4.69, 9.17) is 4.74 Å². The van der Waals surface area contributed by atoms with Gasteiger partial charge >= 0.3 is 0 Å². The summed E-state index contributed by atoms with van der Waals surface area (Å²) in [5.74, 6) is 0.583. The van der Waals surface area contributed by atoms with Crippen LogP contribution in [0, 0.1) is 11.7 Å². The number of anilines is 2. The number of hydrogen-bond donors (Lipinski definition) is 1. The number of para-hydroxylation sites is 1. The van der Waals surface area contributed by atoms with Crippen molar-refractivity contribution in [1.82, 2.24) is 0 Å². The number of ether oxygens (including phenoxy) is 1. The van der Waals surface area contributed by atoms with E-state index in [1.165, 1.54) is 24.6 Å². The fraction of sp³-hybridized carbons (Fsp3) is 0.409. The molecular formula is C22H27FN2O2. The van der Waals surface area contributed by atoms with Crippen LogP contribution >= 0.6 is 0 Å². The molecule has 1 fully saturated rings. The molecule has 3 rings (SSSR count). The van der Waals surface area contributed by atoms with E-state index in [-0.39, 0.29) is 17.5 Å². The summed E-state index contributed by atoms with van der Waals surface area (Å²) in [5, 5.41) is 2.90. The lowest BCUT2D eigenvalue weighted by atomic mass is 9.99. The Labute approximate surface area is 160 Å². The van der Waals surface area contributed by atoms with Crippen molar-refractivity contribution in [3.05, 3.63) is 54.3 Å². The zero-order valence-corrected chi connectivity index (χ0v) is 15.8. The van der Waals surface area contributed by atoms with Gasteiger partial charge in [0.1, 0.15) is 0 Å². The molecule has 0 aliphatic carbocycles. The van der Waals surface area contributed by atoms with Crippen LogP contribution in [-0.2, 0) is 4.79 Å². The number of carbonyl (C=O) groups excluding carboxylic acids is 1. The van der Waals surface area contributed by atoms with E-state index >= 15 is 0 Å². The number of nitrogens with one attached hydrogen (secondary N) is 1. The highest BCUT2D eigenvalue weighted by atomic mass is 19.1. The molecule has 1 aliphatic rings. The van der Waals surface area contributed by atoms with Gasteiger partial charge in [0.2, 0.25) is 5.91 Å². The number of piperidine rings is 1. The Morgan fingerprint density at radius 2 is 1.85 bits per heavy atom. The largest absolute Gasteiger partial charge is 0.491 e. The van der Waals surface area contributed by atoms with Gasteiger partial charge < -0.3 is 15.0 Å². The average molecular weight is 370 g/mol. The highest BCUT2D eigenvalue weighted by Gasteiger charge is 2.15. The van der Waals surface area contributed by atoms with Crippen LogP contribution in [0.2, 0.25) is 0 Å². The molecule has 0 radical (unpaired) electrons. The van der Waals surface area contributed by atoms with Crippen molar-refractivity contribution in [3.8, 4) is 5.75 Å². The average Bonchev–Trinajstić information content (AvgIpc) is 2.68. The number of hydrogen-bond acceptors (Lipinski definition) is 3. The van der Waals surface area contributed by atoms with Crippen molar-refractivity contribution in [3.63, 3.8) is 0 Å². The molecule has 0 spiro atoms. The molecule has 5 heteroatoms. The van der Waals surface area contributed by atoms with Gasteiger partial charge in [0, 0.05) is 30.9 Å². The molecule has 1 aliphatic heterocycles. The van der Waals surface area contributed by atoms with Crippen molar-refractivity contribution in [2.45, 2.75) is 32.6 Å². The van der Waals surface area contributed by atoms with Gasteiger partial charge in [-0.25, -0.2) is 4.39 Å². The minimum atomic E-state index is -0.384. The quantitative estimate of drug-likeness (QED) is 0.708. The lowest BCUT2D eigenvalue weighted by Gasteiger charge is -2.32. The summed E-state index contributed by atoms with van der Waals surface area (Å²) in [4.78, 5) is 14.5. The second-order valence-corrected chi connectivity index (χ2v) is 7.15. The van der Waals surface area contributed by atoms with Gasteiger partial charge in [-0.05, 0) is 61.6 Å². The number of rotatable bonds is 7. The molecule has 1 N–H and O–H groups in total. The molecular weight excluding hydrogens is 343 g/mol. The van der Waals surface area contributed by atoms with Gasteiger partial charge in [-0.15, -0.1) is 0 Å². The van der Waals surface area contributed by atoms with Crippen molar-refractivity contribution in [2.75, 3.05) is 29.9 Å². The first kappa shape index (κ1) is 19.2. The fourth-order valence-corrected chi connectivity index (χ4v) is 3.22. The van der Waals surface area contributed by atoms with Crippen LogP contribution in [0.5, 0.6) is 5.75 Å². The van der Waals surface area contributed by atoms with Crippen molar-refractivity contribution in [1.29, 1.82) is 0 Å². The molecule has 2 aromatic carbocycles. The highest BCUT2D eigenvalue weighted by Crippen LogP contribution is 2.24. The lowest BCUT2D eigenvalue weighted by molar-refractivity contribution is -0.116. The first-order valence-electron chi connectivity index (χ1n) is 9.64. The molecule has 144 valence electrons. The van der Waals surface area contributed by atoms with Crippen LogP contribution in [0.25, 0.3) is 0 Å². The van der Waals surface area contributed by atoms with Gasteiger partial charge in [-0.2, -0.15) is 0 Å². The van der Waals surface area contributed by atoms with E-state index in [1.807, 2.05) is 12.1 Å². The summed E-state index contributed by atoms with van der Waals surface area (Å²) in [6.07, 6.45) is 3.32. The maximum absolute atomic E-state index is 13.4. The van der Waals surface area contributed by atoms with Gasteiger partial charge in [0.25, 0.3) is 0 Å². The van der Waals surface area contributed by atoms with Crippen molar-refractivity contribution < 1.29 is 13.9 Å². The molecule has 0 bridgehead atoms. The van der Waals surface area contributed by atoms with Crippen LogP contribution in [0.1, 0.15) is 32.6 Å². The third kappa shape index (κ3) is 5.71. The zero-order chi connectivity index (χ0) is 19.1. The monoisotopic (exact) mass is 370 g/mol. The summed E-state index contributed by atoms with van der Waals surface area (Å²) >= 11 is 0. The maximum Gasteiger partial charge on any atom is 0.224 e. The molecule has 0 saturated carbocycles. The van der Waals surface area contributed by atoms with E-state index in [9.17, 15) is 9.18 Å². The second-order valence-electron chi connectivity index (χ2n) is 7.15. The third-order valence-corrected chi connectivity index (χ3v) is 4.94. The van der Waals surface area contributed by atoms with Gasteiger partial charge in [-0.3, -0.25) is 4.79 Å². The summed E-state index contributed by atoms with van der Waals surface area (Å²) in [5.41, 5.74) is 2.00. The highest BCUT2D eigenvalue weighted by molar-refractivity contribution is 5.90. The molecule has 1 heterocycles. The number of carbonyl (C=O) groups is 1. The van der Waals surface area contributed by atoms with Crippen molar-refractivity contribution in [2.24, 2.45) is 5.92 Å². The lowest BCUT2D eigenvalue weighted by Crippen LogP contribution is -2.32. The van der Waals surface area contributed by atoms with Crippen LogP contribution in [0.15, 0.2) is 48.5 Å². The molecule has 0 unspecified atom stereocenters. The predicted octanol–water partition coefficient (Wildman–Crippen LogP) is 4.86. The van der Waals surface area contributed by atoms with E-state index < -0.39 is 0 Å². The van der Waals surface area contributed by atoms with E-state index in [0.717, 1.165) is 24.7 Å². The van der Waals surface area contributed by atoms with Crippen LogP contribution in [0.4, 0.5) is 15.8 Å². The first-order valence-corrected chi connectivity index (χ1v) is 9.64. The molecule has 1 saturated heterocycles. The van der Waals surface area contributed by atoms with Gasteiger partial charge in [-0.1, -0.05) is 19.1 Å². The Balaban J connectivity index is 1.39. The summed E-state index contributed by atoms with van der Waals surface area (Å²) < 4.78 is 18.8. The molecule has 2 aromatic rings. The summed E-state index contributed by atoms with van der Waals surface area (Å²) in [7, 11) is 0. The second kappa shape index (κ2) is 9.40. The number of halogens is 1. The van der Waals surface area contributed by atoms with Crippen LogP contribution in [0.3, 0.4) is 0 Å². The normalized spacial score (nSPS) is 14.8. The predicted molar refractivity (Wildman–Crippen MR) is 107 cm³/mol. The van der Waals surface area contributed by atoms with Crippen LogP contribution < -0.4 is 15.0 Å². The molecule has 4 nitrogen and oxygen atoms in total. The zero-order valence-electron chi connectivity index (χ0n) is 15.8. The van der Waals surface area contributed by atoms with E-state index in [1.54, 1.807) is 18.2 Å². The topological polar surface area (TPSA) is 41.6 Å². The maximum atomic E-state index is 13.4. The van der Waals surface area contributed by atoms with Gasteiger partial charge in [0.15, 0.2) is 11.6 Å². The number of nitrogens with zero attached hydrogens (tertiary/aromatic N) is 1.